The highest BCUT2D eigenvalue weighted by atomic mass is 32.2. The highest BCUT2D eigenvalue weighted by Crippen LogP contribution is 2.36. The molecule has 9 heteroatoms. The summed E-state index contributed by atoms with van der Waals surface area (Å²) >= 11 is 0. The van der Waals surface area contributed by atoms with Gasteiger partial charge >= 0.3 is 5.97 Å². The molecule has 0 aliphatic carbocycles. The van der Waals surface area contributed by atoms with Gasteiger partial charge in [0.1, 0.15) is 23.1 Å². The van der Waals surface area contributed by atoms with Gasteiger partial charge in [0.2, 0.25) is 9.84 Å². The van der Waals surface area contributed by atoms with Crippen LogP contribution in [0.1, 0.15) is 43.4 Å². The van der Waals surface area contributed by atoms with E-state index in [1.807, 2.05) is 19.9 Å². The van der Waals surface area contributed by atoms with E-state index >= 15 is 0 Å². The highest BCUT2D eigenvalue weighted by molar-refractivity contribution is 7.91. The number of aromatic hydroxyl groups is 1. The number of aryl methyl sites for hydroxylation is 1. The van der Waals surface area contributed by atoms with Crippen molar-refractivity contribution in [1.29, 1.82) is 0 Å². The second kappa shape index (κ2) is 14.2. The Balaban J connectivity index is 1.47. The van der Waals surface area contributed by atoms with E-state index in [-0.39, 0.29) is 33.5 Å². The van der Waals surface area contributed by atoms with Gasteiger partial charge in [0.15, 0.2) is 0 Å². The molecule has 0 saturated carbocycles. The Morgan fingerprint density at radius 1 is 0.837 bits per heavy atom. The molecule has 4 aromatic rings. The fraction of sp³-hybridized carbons (Fsp3) is 0.265. The quantitative estimate of drug-likeness (QED) is 0.148. The number of rotatable bonds is 14. The molecule has 4 rings (SSSR count). The molecule has 0 aromatic heterocycles. The average Bonchev–Trinajstić information content (AvgIpc) is 2.98. The van der Waals surface area contributed by atoms with Crippen LogP contribution in [0.3, 0.4) is 0 Å². The SMILES string of the molecule is CCCc1c(OCCCOc2cc(O)c(-c3ccc(F)cc3)cc2CC)cccc1S(=O)(=O)c1ccccc1CC(=O)O. The molecule has 43 heavy (non-hydrogen) atoms. The lowest BCUT2D eigenvalue weighted by atomic mass is 10.00. The Bertz CT molecular complexity index is 1680. The zero-order valence-electron chi connectivity index (χ0n) is 24.2. The maximum absolute atomic E-state index is 13.7. The maximum Gasteiger partial charge on any atom is 0.307 e. The second-order valence-electron chi connectivity index (χ2n) is 10.1. The number of carboxylic acids is 1. The van der Waals surface area contributed by atoms with Gasteiger partial charge in [-0.2, -0.15) is 0 Å². The first-order chi connectivity index (χ1) is 20.6. The largest absolute Gasteiger partial charge is 0.507 e. The van der Waals surface area contributed by atoms with E-state index in [0.29, 0.717) is 60.5 Å². The van der Waals surface area contributed by atoms with Gasteiger partial charge in [-0.25, -0.2) is 12.8 Å². The van der Waals surface area contributed by atoms with E-state index in [9.17, 15) is 27.8 Å². The lowest BCUT2D eigenvalue weighted by Crippen LogP contribution is -2.12. The molecule has 0 aliphatic heterocycles. The highest BCUT2D eigenvalue weighted by Gasteiger charge is 2.26. The fourth-order valence-electron chi connectivity index (χ4n) is 4.93. The molecule has 0 saturated heterocycles. The van der Waals surface area contributed by atoms with E-state index in [1.54, 1.807) is 42.5 Å². The summed E-state index contributed by atoms with van der Waals surface area (Å²) in [6.45, 7) is 4.48. The molecule has 2 N–H and O–H groups in total. The van der Waals surface area contributed by atoms with Gasteiger partial charge in [-0.05, 0) is 65.9 Å². The van der Waals surface area contributed by atoms with Crippen molar-refractivity contribution in [3.8, 4) is 28.4 Å². The van der Waals surface area contributed by atoms with Crippen molar-refractivity contribution in [2.24, 2.45) is 0 Å². The number of phenols is 1. The van der Waals surface area contributed by atoms with Crippen LogP contribution in [-0.2, 0) is 33.9 Å². The van der Waals surface area contributed by atoms with Crippen LogP contribution in [0.2, 0.25) is 0 Å². The van der Waals surface area contributed by atoms with Gasteiger partial charge in [-0.3, -0.25) is 4.79 Å². The fourth-order valence-corrected chi connectivity index (χ4v) is 6.70. The number of halogens is 1. The number of aliphatic carboxylic acids is 1. The van der Waals surface area contributed by atoms with E-state index < -0.39 is 22.2 Å². The molecule has 0 radical (unpaired) electrons. The summed E-state index contributed by atoms with van der Waals surface area (Å²) in [6, 6.07) is 20.4. The normalized spacial score (nSPS) is 11.3. The molecule has 226 valence electrons. The zero-order chi connectivity index (χ0) is 31.0. The smallest absolute Gasteiger partial charge is 0.307 e. The molecule has 0 atom stereocenters. The van der Waals surface area contributed by atoms with Crippen LogP contribution >= 0.6 is 0 Å². The van der Waals surface area contributed by atoms with Gasteiger partial charge in [0.25, 0.3) is 0 Å². The van der Waals surface area contributed by atoms with Crippen molar-refractivity contribution >= 4 is 15.8 Å². The first kappa shape index (κ1) is 31.6. The lowest BCUT2D eigenvalue weighted by Gasteiger charge is -2.17. The van der Waals surface area contributed by atoms with Crippen LogP contribution < -0.4 is 9.47 Å². The Kier molecular flexibility index (Phi) is 10.4. The van der Waals surface area contributed by atoms with Gasteiger partial charge in [-0.15, -0.1) is 0 Å². The number of hydrogen-bond acceptors (Lipinski definition) is 6. The maximum atomic E-state index is 13.7. The minimum Gasteiger partial charge on any atom is -0.507 e. The molecule has 0 amide bonds. The number of ether oxygens (including phenoxy) is 2. The first-order valence-corrected chi connectivity index (χ1v) is 15.7. The predicted octanol–water partition coefficient (Wildman–Crippen LogP) is 7.02. The summed E-state index contributed by atoms with van der Waals surface area (Å²) in [5, 5.41) is 19.9. The molecular weight excluding hydrogens is 571 g/mol. The topological polar surface area (TPSA) is 110 Å². The minimum absolute atomic E-state index is 0.0271. The van der Waals surface area contributed by atoms with Crippen LogP contribution in [0.15, 0.2) is 88.7 Å². The molecule has 0 heterocycles. The van der Waals surface area contributed by atoms with Crippen molar-refractivity contribution in [1.82, 2.24) is 0 Å². The number of benzene rings is 4. The summed E-state index contributed by atoms with van der Waals surface area (Å²) in [5.74, 6) is -0.430. The Morgan fingerprint density at radius 2 is 1.51 bits per heavy atom. The summed E-state index contributed by atoms with van der Waals surface area (Å²) < 4.78 is 52.8. The summed E-state index contributed by atoms with van der Waals surface area (Å²) in [6.07, 6.45) is 1.90. The molecule has 0 spiro atoms. The summed E-state index contributed by atoms with van der Waals surface area (Å²) in [5.41, 5.74) is 2.96. The van der Waals surface area contributed by atoms with Crippen LogP contribution in [0.25, 0.3) is 11.1 Å². The van der Waals surface area contributed by atoms with Gasteiger partial charge in [0, 0.05) is 23.6 Å². The third kappa shape index (κ3) is 7.53. The van der Waals surface area contributed by atoms with Crippen molar-refractivity contribution < 1.29 is 37.3 Å². The van der Waals surface area contributed by atoms with Gasteiger partial charge < -0.3 is 19.7 Å². The van der Waals surface area contributed by atoms with Crippen LogP contribution in [0, 0.1) is 5.82 Å². The molecular formula is C34H35FO7S. The third-order valence-corrected chi connectivity index (χ3v) is 8.94. The molecule has 4 aromatic carbocycles. The second-order valence-corrected chi connectivity index (χ2v) is 11.9. The van der Waals surface area contributed by atoms with E-state index in [1.165, 1.54) is 30.3 Å². The number of hydrogen-bond donors (Lipinski definition) is 2. The Morgan fingerprint density at radius 3 is 2.19 bits per heavy atom. The number of sulfone groups is 1. The van der Waals surface area contributed by atoms with Crippen molar-refractivity contribution in [2.45, 2.75) is 55.7 Å². The Hall–Kier alpha value is -4.37. The van der Waals surface area contributed by atoms with Crippen LogP contribution in [0.4, 0.5) is 4.39 Å². The number of carbonyl (C=O) groups is 1. The number of phenolic OH excluding ortho intramolecular Hbond substituents is 1. The van der Waals surface area contributed by atoms with E-state index in [4.69, 9.17) is 9.47 Å². The monoisotopic (exact) mass is 606 g/mol. The predicted molar refractivity (Wildman–Crippen MR) is 162 cm³/mol. The standard InChI is InChI=1S/C34H35FO7S/c1-3-9-27-30(11-7-13-33(27)43(39,40)32-12-6-5-10-25(32)21-34(37)38)41-18-8-19-42-31-22-29(36)28(20-23(31)4-2)24-14-16-26(35)17-15-24/h5-7,10-17,20,22,36H,3-4,8-9,18-19,21H2,1-2H3,(H,37,38). The van der Waals surface area contributed by atoms with Crippen LogP contribution in [-0.4, -0.2) is 37.8 Å². The first-order valence-electron chi connectivity index (χ1n) is 14.2. The van der Waals surface area contributed by atoms with Crippen molar-refractivity contribution in [3.05, 3.63) is 101 Å². The zero-order valence-corrected chi connectivity index (χ0v) is 25.0. The van der Waals surface area contributed by atoms with Crippen molar-refractivity contribution in [2.75, 3.05) is 13.2 Å². The third-order valence-electron chi connectivity index (χ3n) is 7.00. The number of carboxylic acid groups (broad SMARTS) is 1. The Labute approximate surface area is 251 Å². The van der Waals surface area contributed by atoms with Crippen molar-refractivity contribution in [3.63, 3.8) is 0 Å². The molecule has 0 fully saturated rings. The lowest BCUT2D eigenvalue weighted by molar-refractivity contribution is -0.136. The average molecular weight is 607 g/mol. The molecule has 0 bridgehead atoms. The summed E-state index contributed by atoms with van der Waals surface area (Å²) in [4.78, 5) is 11.4. The molecule has 0 aliphatic rings. The molecule has 0 unspecified atom stereocenters. The van der Waals surface area contributed by atoms with E-state index in [2.05, 4.69) is 0 Å². The van der Waals surface area contributed by atoms with Gasteiger partial charge in [0.05, 0.1) is 29.4 Å². The van der Waals surface area contributed by atoms with Gasteiger partial charge in [-0.1, -0.05) is 56.7 Å². The molecule has 7 nitrogen and oxygen atoms in total. The van der Waals surface area contributed by atoms with E-state index in [0.717, 1.165) is 5.56 Å². The minimum atomic E-state index is -4.01. The summed E-state index contributed by atoms with van der Waals surface area (Å²) in [7, 11) is -4.01. The van der Waals surface area contributed by atoms with Crippen LogP contribution in [0.5, 0.6) is 17.2 Å².